The maximum atomic E-state index is 12.0. The lowest BCUT2D eigenvalue weighted by atomic mass is 10.0. The first kappa shape index (κ1) is 19.9. The highest BCUT2D eigenvalue weighted by molar-refractivity contribution is 5.81. The molecule has 0 aromatic heterocycles. The van der Waals surface area contributed by atoms with Crippen molar-refractivity contribution in [1.29, 1.82) is 0 Å². The molecule has 0 bridgehead atoms. The van der Waals surface area contributed by atoms with Crippen LogP contribution in [0.5, 0.6) is 0 Å². The van der Waals surface area contributed by atoms with Gasteiger partial charge in [-0.3, -0.25) is 4.79 Å². The smallest absolute Gasteiger partial charge is 0.335 e. The number of nitrogens with zero attached hydrogens (tertiary/aromatic N) is 1. The van der Waals surface area contributed by atoms with E-state index in [4.69, 9.17) is 14.2 Å². The van der Waals surface area contributed by atoms with Crippen LogP contribution in [0.2, 0.25) is 0 Å². The van der Waals surface area contributed by atoms with Gasteiger partial charge in [-0.15, -0.1) is 0 Å². The molecule has 134 valence electrons. The molecule has 1 saturated heterocycles. The Balaban J connectivity index is 2.26. The van der Waals surface area contributed by atoms with Gasteiger partial charge in [-0.05, 0) is 39.0 Å². The summed E-state index contributed by atoms with van der Waals surface area (Å²) in [5.41, 5.74) is 0. The van der Waals surface area contributed by atoms with Crippen LogP contribution >= 0.6 is 0 Å². The zero-order valence-electron chi connectivity index (χ0n) is 15.0. The van der Waals surface area contributed by atoms with Crippen LogP contribution in [0.1, 0.15) is 47.0 Å². The van der Waals surface area contributed by atoms with Gasteiger partial charge in [0.05, 0.1) is 12.7 Å². The number of amides is 1. The molecular formula is C17H31NO5. The van der Waals surface area contributed by atoms with Gasteiger partial charge in [-0.1, -0.05) is 13.8 Å². The predicted octanol–water partition coefficient (Wildman–Crippen LogP) is 2.01. The summed E-state index contributed by atoms with van der Waals surface area (Å²) >= 11 is 0. The van der Waals surface area contributed by atoms with Crippen molar-refractivity contribution in [1.82, 2.24) is 4.90 Å². The summed E-state index contributed by atoms with van der Waals surface area (Å²) in [7, 11) is 1.74. The second-order valence-electron chi connectivity index (χ2n) is 6.70. The van der Waals surface area contributed by atoms with Crippen molar-refractivity contribution in [2.24, 2.45) is 5.92 Å². The monoisotopic (exact) mass is 329 g/mol. The van der Waals surface area contributed by atoms with Crippen molar-refractivity contribution in [3.63, 3.8) is 0 Å². The largest absolute Gasteiger partial charge is 0.454 e. The highest BCUT2D eigenvalue weighted by Crippen LogP contribution is 2.13. The number of hydrogen-bond acceptors (Lipinski definition) is 5. The molecule has 1 aliphatic heterocycles. The van der Waals surface area contributed by atoms with Gasteiger partial charge in [0.1, 0.15) is 0 Å². The molecule has 6 nitrogen and oxygen atoms in total. The second kappa shape index (κ2) is 9.88. The highest BCUT2D eigenvalue weighted by atomic mass is 16.6. The average molecular weight is 329 g/mol. The van der Waals surface area contributed by atoms with Gasteiger partial charge in [0.15, 0.2) is 12.7 Å². The van der Waals surface area contributed by atoms with Crippen LogP contribution in [0, 0.1) is 5.92 Å². The van der Waals surface area contributed by atoms with Crippen molar-refractivity contribution in [3.8, 4) is 0 Å². The van der Waals surface area contributed by atoms with Gasteiger partial charge in [0, 0.05) is 19.7 Å². The van der Waals surface area contributed by atoms with Crippen LogP contribution in [0.15, 0.2) is 0 Å². The van der Waals surface area contributed by atoms with Crippen molar-refractivity contribution < 1.29 is 23.8 Å². The maximum Gasteiger partial charge on any atom is 0.335 e. The molecule has 3 atom stereocenters. The van der Waals surface area contributed by atoms with E-state index in [9.17, 15) is 9.59 Å². The molecule has 0 spiro atoms. The first-order valence-corrected chi connectivity index (χ1v) is 8.46. The Kier molecular flexibility index (Phi) is 8.55. The van der Waals surface area contributed by atoms with Gasteiger partial charge in [-0.25, -0.2) is 4.79 Å². The van der Waals surface area contributed by atoms with Gasteiger partial charge >= 0.3 is 5.97 Å². The molecule has 1 heterocycles. The molecule has 1 amide bonds. The van der Waals surface area contributed by atoms with Crippen molar-refractivity contribution in [2.45, 2.75) is 65.2 Å². The summed E-state index contributed by atoms with van der Waals surface area (Å²) in [5.74, 6) is -0.201. The van der Waals surface area contributed by atoms with Crippen LogP contribution in [0.3, 0.4) is 0 Å². The maximum absolute atomic E-state index is 12.0. The Morgan fingerprint density at radius 3 is 2.52 bits per heavy atom. The molecule has 3 unspecified atom stereocenters. The second-order valence-corrected chi connectivity index (χ2v) is 6.70. The molecule has 0 saturated carbocycles. The Morgan fingerprint density at radius 1 is 1.26 bits per heavy atom. The van der Waals surface area contributed by atoms with Gasteiger partial charge in [0.25, 0.3) is 5.91 Å². The molecule has 0 aliphatic carbocycles. The fourth-order valence-corrected chi connectivity index (χ4v) is 2.53. The van der Waals surface area contributed by atoms with E-state index in [-0.39, 0.29) is 24.7 Å². The number of likely N-dealkylation sites (N-methyl/N-ethyl adjacent to an activating group) is 1. The molecular weight excluding hydrogens is 298 g/mol. The van der Waals surface area contributed by atoms with Gasteiger partial charge in [0.2, 0.25) is 0 Å². The third-order valence-electron chi connectivity index (χ3n) is 4.09. The average Bonchev–Trinajstić information content (AvgIpc) is 3.01. The van der Waals surface area contributed by atoms with Crippen LogP contribution in [-0.4, -0.2) is 61.9 Å². The molecule has 6 heteroatoms. The van der Waals surface area contributed by atoms with E-state index in [1.807, 2.05) is 6.92 Å². The third-order valence-corrected chi connectivity index (χ3v) is 4.09. The third kappa shape index (κ3) is 7.31. The number of carbonyl (C=O) groups excluding carboxylic acids is 2. The molecule has 0 radical (unpaired) electrons. The summed E-state index contributed by atoms with van der Waals surface area (Å²) in [5, 5.41) is 0. The van der Waals surface area contributed by atoms with E-state index in [0.717, 1.165) is 25.9 Å². The standard InChI is InChI=1S/C17H31NO5/c1-12(2)9-13(3)18(5)16(19)11-23-17(20)14(4)22-10-15-7-6-8-21-15/h12-15H,6-11H2,1-5H3. The SMILES string of the molecule is CC(C)CC(C)N(C)C(=O)COC(=O)C(C)OCC1CCCO1. The van der Waals surface area contributed by atoms with E-state index in [0.29, 0.717) is 12.5 Å². The van der Waals surface area contributed by atoms with E-state index in [2.05, 4.69) is 13.8 Å². The lowest BCUT2D eigenvalue weighted by Crippen LogP contribution is -2.39. The van der Waals surface area contributed by atoms with E-state index >= 15 is 0 Å². The zero-order valence-corrected chi connectivity index (χ0v) is 15.0. The topological polar surface area (TPSA) is 65.1 Å². The summed E-state index contributed by atoms with van der Waals surface area (Å²) < 4.78 is 16.0. The Bertz CT molecular complexity index is 379. The van der Waals surface area contributed by atoms with E-state index in [1.165, 1.54) is 0 Å². The lowest BCUT2D eigenvalue weighted by molar-refractivity contribution is -0.162. The molecule has 23 heavy (non-hydrogen) atoms. The summed E-state index contributed by atoms with van der Waals surface area (Å²) in [6.07, 6.45) is 2.28. The number of hydrogen-bond donors (Lipinski definition) is 0. The van der Waals surface area contributed by atoms with Crippen molar-refractivity contribution >= 4 is 11.9 Å². The van der Waals surface area contributed by atoms with Crippen LogP contribution in [-0.2, 0) is 23.8 Å². The first-order chi connectivity index (χ1) is 10.8. The van der Waals surface area contributed by atoms with Crippen LogP contribution in [0.25, 0.3) is 0 Å². The summed E-state index contributed by atoms with van der Waals surface area (Å²) in [6, 6.07) is 0.120. The number of rotatable bonds is 9. The van der Waals surface area contributed by atoms with Crippen LogP contribution in [0.4, 0.5) is 0 Å². The first-order valence-electron chi connectivity index (χ1n) is 8.46. The van der Waals surface area contributed by atoms with Gasteiger partial charge < -0.3 is 19.1 Å². The molecule has 0 aromatic carbocycles. The minimum Gasteiger partial charge on any atom is -0.454 e. The molecule has 1 aliphatic rings. The quantitative estimate of drug-likeness (QED) is 0.605. The Hall–Kier alpha value is -1.14. The number of ether oxygens (including phenoxy) is 3. The van der Waals surface area contributed by atoms with E-state index in [1.54, 1.807) is 18.9 Å². The zero-order chi connectivity index (χ0) is 17.4. The predicted molar refractivity (Wildman–Crippen MR) is 87.0 cm³/mol. The summed E-state index contributed by atoms with van der Waals surface area (Å²) in [6.45, 7) is 8.74. The Morgan fingerprint density at radius 2 is 1.96 bits per heavy atom. The number of esters is 1. The fourth-order valence-electron chi connectivity index (χ4n) is 2.53. The lowest BCUT2D eigenvalue weighted by Gasteiger charge is -2.26. The highest BCUT2D eigenvalue weighted by Gasteiger charge is 2.23. The van der Waals surface area contributed by atoms with E-state index < -0.39 is 12.1 Å². The Labute approximate surface area is 139 Å². The number of carbonyl (C=O) groups is 2. The van der Waals surface area contributed by atoms with Gasteiger partial charge in [-0.2, -0.15) is 0 Å². The van der Waals surface area contributed by atoms with Crippen molar-refractivity contribution in [3.05, 3.63) is 0 Å². The summed E-state index contributed by atoms with van der Waals surface area (Å²) in [4.78, 5) is 25.5. The van der Waals surface area contributed by atoms with Crippen molar-refractivity contribution in [2.75, 3.05) is 26.9 Å². The molecule has 0 N–H and O–H groups in total. The molecule has 1 fully saturated rings. The minimum absolute atomic E-state index is 0.0647. The fraction of sp³-hybridized carbons (Fsp3) is 0.882. The molecule has 0 aromatic rings. The van der Waals surface area contributed by atoms with Crippen LogP contribution < -0.4 is 0 Å². The normalized spacial score (nSPS) is 20.3. The molecule has 1 rings (SSSR count). The minimum atomic E-state index is -0.689.